The molecular formula is C21H35ClN8O2. The molecule has 2 heterocycles. The molecule has 7 N–H and O–H groups in total. The van der Waals surface area contributed by atoms with Crippen LogP contribution in [0.25, 0.3) is 0 Å². The second-order valence-corrected chi connectivity index (χ2v) is 8.80. The Morgan fingerprint density at radius 1 is 1.28 bits per heavy atom. The van der Waals surface area contributed by atoms with E-state index in [-0.39, 0.29) is 34.8 Å². The predicted octanol–water partition coefficient (Wildman–Crippen LogP) is -0.277. The fourth-order valence-electron chi connectivity index (χ4n) is 4.88. The number of hydrogen-bond acceptors (Lipinski definition) is 8. The van der Waals surface area contributed by atoms with Gasteiger partial charge in [-0.3, -0.25) is 19.4 Å². The first-order chi connectivity index (χ1) is 15.3. The third-order valence-electron chi connectivity index (χ3n) is 6.54. The number of rotatable bonds is 8. The molecule has 0 saturated carbocycles. The van der Waals surface area contributed by atoms with Crippen molar-refractivity contribution in [1.29, 1.82) is 0 Å². The van der Waals surface area contributed by atoms with Gasteiger partial charge in [-0.15, -0.1) is 0 Å². The summed E-state index contributed by atoms with van der Waals surface area (Å²) in [5.41, 5.74) is 12.8. The number of carbonyl (C=O) groups excluding carboxylic acids is 2. The number of carbonyl (C=O) groups is 2. The number of nitrogens with two attached hydrogens (primary N) is 2. The molecular weight excluding hydrogens is 432 g/mol. The van der Waals surface area contributed by atoms with Crippen molar-refractivity contribution in [2.24, 2.45) is 16.5 Å². The van der Waals surface area contributed by atoms with Crippen LogP contribution in [0.5, 0.6) is 0 Å². The lowest BCUT2D eigenvalue weighted by Gasteiger charge is -2.32. The van der Waals surface area contributed by atoms with Gasteiger partial charge in [0.1, 0.15) is 11.0 Å². The third kappa shape index (κ3) is 5.19. The summed E-state index contributed by atoms with van der Waals surface area (Å²) >= 11 is 5.98. The first-order valence-electron chi connectivity index (χ1n) is 11.2. The first-order valence-corrected chi connectivity index (χ1v) is 11.6. The van der Waals surface area contributed by atoms with Crippen LogP contribution in [0.2, 0.25) is 0 Å². The minimum atomic E-state index is -0.846. The highest BCUT2D eigenvalue weighted by atomic mass is 35.5. The molecule has 1 aliphatic carbocycles. The molecule has 4 unspecified atom stereocenters. The summed E-state index contributed by atoms with van der Waals surface area (Å²) in [5.74, 6) is -0.0357. The van der Waals surface area contributed by atoms with Gasteiger partial charge in [0.25, 0.3) is 5.91 Å². The summed E-state index contributed by atoms with van der Waals surface area (Å²) in [6, 6.07) is -0.110. The normalized spacial score (nSPS) is 28.5. The van der Waals surface area contributed by atoms with Gasteiger partial charge >= 0.3 is 0 Å². The van der Waals surface area contributed by atoms with E-state index in [1.54, 1.807) is 0 Å². The van der Waals surface area contributed by atoms with Gasteiger partial charge in [0.2, 0.25) is 5.91 Å². The van der Waals surface area contributed by atoms with E-state index in [9.17, 15) is 9.59 Å². The molecule has 0 bridgehead atoms. The number of halogens is 1. The zero-order chi connectivity index (χ0) is 23.4. The number of fused-ring (bicyclic) bond motifs is 1. The number of amides is 2. The summed E-state index contributed by atoms with van der Waals surface area (Å²) < 4.78 is 0. The Morgan fingerprint density at radius 3 is 2.72 bits per heavy atom. The Balaban J connectivity index is 1.59. The van der Waals surface area contributed by atoms with Gasteiger partial charge in [0.15, 0.2) is 11.9 Å². The minimum Gasteiger partial charge on any atom is -0.385 e. The van der Waals surface area contributed by atoms with Crippen molar-refractivity contribution in [2.75, 3.05) is 26.7 Å². The van der Waals surface area contributed by atoms with Crippen LogP contribution >= 0.6 is 11.6 Å². The van der Waals surface area contributed by atoms with Gasteiger partial charge in [-0.25, -0.2) is 4.99 Å². The standard InChI is InChI=1S/C21H35ClN8O2/c1-4-25-15(31)9-7-12-6-8-13-14(10-12)30(5-2)16(29(13)3)11-26-21(32)17-19(23)28-20(24)18(22)27-17/h6,13-14,16-17,27H,4-5,7-11,24H2,1-3H3,(H2,23,28)(H,25,31)(H,26,32). The Labute approximate surface area is 194 Å². The van der Waals surface area contributed by atoms with Crippen molar-refractivity contribution in [3.8, 4) is 0 Å². The first kappa shape index (κ1) is 24.3. The SMILES string of the molecule is CCNC(=O)CCC1=CCC2C(C1)N(CC)C(CNC(=O)C1NC(Cl)=C(N)N=C1N)N2C. The van der Waals surface area contributed by atoms with E-state index in [1.807, 2.05) is 6.92 Å². The highest BCUT2D eigenvalue weighted by molar-refractivity contribution is 6.30. The molecule has 0 aromatic heterocycles. The van der Waals surface area contributed by atoms with Crippen LogP contribution in [0.3, 0.4) is 0 Å². The van der Waals surface area contributed by atoms with Crippen molar-refractivity contribution in [3.05, 3.63) is 22.6 Å². The largest absolute Gasteiger partial charge is 0.385 e. The van der Waals surface area contributed by atoms with E-state index in [1.165, 1.54) is 5.57 Å². The number of nitrogens with one attached hydrogen (secondary N) is 3. The van der Waals surface area contributed by atoms with Gasteiger partial charge < -0.3 is 27.4 Å². The third-order valence-corrected chi connectivity index (χ3v) is 6.84. The number of hydrogen-bond donors (Lipinski definition) is 5. The van der Waals surface area contributed by atoms with Crippen LogP contribution < -0.4 is 27.4 Å². The molecule has 10 nitrogen and oxygen atoms in total. The van der Waals surface area contributed by atoms with E-state index in [0.717, 1.165) is 25.8 Å². The maximum atomic E-state index is 12.7. The van der Waals surface area contributed by atoms with Crippen LogP contribution in [-0.2, 0) is 9.59 Å². The molecule has 2 amide bonds. The van der Waals surface area contributed by atoms with E-state index >= 15 is 0 Å². The Kier molecular flexibility index (Phi) is 8.02. The van der Waals surface area contributed by atoms with Crippen molar-refractivity contribution in [3.63, 3.8) is 0 Å². The molecule has 2 aliphatic heterocycles. The van der Waals surface area contributed by atoms with E-state index < -0.39 is 6.04 Å². The molecule has 4 atom stereocenters. The van der Waals surface area contributed by atoms with E-state index in [2.05, 4.69) is 50.8 Å². The predicted molar refractivity (Wildman–Crippen MR) is 125 cm³/mol. The second kappa shape index (κ2) is 10.5. The molecule has 178 valence electrons. The van der Waals surface area contributed by atoms with Gasteiger partial charge in [-0.1, -0.05) is 30.2 Å². The van der Waals surface area contributed by atoms with Crippen molar-refractivity contribution >= 4 is 29.3 Å². The topological polar surface area (TPSA) is 141 Å². The molecule has 3 rings (SSSR count). The fourth-order valence-corrected chi connectivity index (χ4v) is 5.03. The second-order valence-electron chi connectivity index (χ2n) is 8.43. The molecule has 1 fully saturated rings. The van der Waals surface area contributed by atoms with Crippen LogP contribution in [0.1, 0.15) is 39.5 Å². The maximum Gasteiger partial charge on any atom is 0.250 e. The van der Waals surface area contributed by atoms with Gasteiger partial charge in [-0.05, 0) is 39.8 Å². The van der Waals surface area contributed by atoms with Crippen LogP contribution in [-0.4, -0.2) is 78.4 Å². The zero-order valence-corrected chi connectivity index (χ0v) is 19.8. The minimum absolute atomic E-state index is 0.0629. The smallest absolute Gasteiger partial charge is 0.250 e. The van der Waals surface area contributed by atoms with Crippen molar-refractivity contribution in [2.45, 2.75) is 63.8 Å². The molecule has 1 saturated heterocycles. The summed E-state index contributed by atoms with van der Waals surface area (Å²) in [4.78, 5) is 33.3. The monoisotopic (exact) mass is 466 g/mol. The van der Waals surface area contributed by atoms with Gasteiger partial charge in [0.05, 0.1) is 6.17 Å². The van der Waals surface area contributed by atoms with Crippen LogP contribution in [0.4, 0.5) is 0 Å². The molecule has 0 spiro atoms. The quantitative estimate of drug-likeness (QED) is 0.245. The van der Waals surface area contributed by atoms with Crippen LogP contribution in [0, 0.1) is 0 Å². The van der Waals surface area contributed by atoms with Gasteiger partial charge in [0, 0.05) is 31.6 Å². The van der Waals surface area contributed by atoms with E-state index in [4.69, 9.17) is 23.1 Å². The molecule has 0 aromatic carbocycles. The summed E-state index contributed by atoms with van der Waals surface area (Å²) in [6.45, 7) is 6.05. The highest BCUT2D eigenvalue weighted by Crippen LogP contribution is 2.36. The molecule has 32 heavy (non-hydrogen) atoms. The lowest BCUT2D eigenvalue weighted by Crippen LogP contribution is -2.56. The molecule has 11 heteroatoms. The number of amidine groups is 1. The number of likely N-dealkylation sites (N-methyl/N-ethyl adjacent to an activating group) is 2. The summed E-state index contributed by atoms with van der Waals surface area (Å²) in [5, 5.41) is 8.77. The average molecular weight is 467 g/mol. The average Bonchev–Trinajstić information content (AvgIpc) is 3.03. The van der Waals surface area contributed by atoms with Crippen LogP contribution in [0.15, 0.2) is 27.6 Å². The fraction of sp³-hybridized carbons (Fsp3) is 0.667. The number of aliphatic imine (C=N–C) groups is 1. The Hall–Kier alpha value is -2.30. The molecule has 0 aromatic rings. The van der Waals surface area contributed by atoms with E-state index in [0.29, 0.717) is 31.6 Å². The Morgan fingerprint density at radius 2 is 2.03 bits per heavy atom. The summed E-state index contributed by atoms with van der Waals surface area (Å²) in [7, 11) is 2.10. The van der Waals surface area contributed by atoms with Gasteiger partial charge in [-0.2, -0.15) is 0 Å². The zero-order valence-electron chi connectivity index (χ0n) is 19.0. The molecule has 0 radical (unpaired) electrons. The lowest BCUT2D eigenvalue weighted by molar-refractivity contribution is -0.122. The number of nitrogens with zero attached hydrogens (tertiary/aromatic N) is 3. The summed E-state index contributed by atoms with van der Waals surface area (Å²) in [6.07, 6.45) is 5.55. The highest BCUT2D eigenvalue weighted by Gasteiger charge is 2.45. The lowest BCUT2D eigenvalue weighted by atomic mass is 9.88. The van der Waals surface area contributed by atoms with Crippen molar-refractivity contribution in [1.82, 2.24) is 25.8 Å². The maximum absolute atomic E-state index is 12.7. The molecule has 3 aliphatic rings. The van der Waals surface area contributed by atoms with Crippen molar-refractivity contribution < 1.29 is 9.59 Å². The Bertz CT molecular complexity index is 827.